The molecule has 1 atom stereocenters. The van der Waals surface area contributed by atoms with E-state index in [2.05, 4.69) is 29.5 Å². The molecule has 0 aromatic carbocycles. The molecule has 6 nitrogen and oxygen atoms in total. The van der Waals surface area contributed by atoms with Gasteiger partial charge < -0.3 is 11.1 Å². The number of aryl methyl sites for hydroxylation is 1. The third kappa shape index (κ3) is 6.11. The summed E-state index contributed by atoms with van der Waals surface area (Å²) in [7, 11) is 0. The fourth-order valence-corrected chi connectivity index (χ4v) is 3.05. The number of hydrogen-bond acceptors (Lipinski definition) is 4. The summed E-state index contributed by atoms with van der Waals surface area (Å²) in [5.41, 5.74) is 6.25. The highest BCUT2D eigenvalue weighted by Crippen LogP contribution is 2.26. The molecule has 3 N–H and O–H groups in total. The fraction of sp³-hybridized carbons (Fsp3) is 0.812. The van der Waals surface area contributed by atoms with Crippen LogP contribution >= 0.6 is 12.4 Å². The highest BCUT2D eigenvalue weighted by atomic mass is 35.5. The van der Waals surface area contributed by atoms with E-state index in [9.17, 15) is 4.79 Å². The molecule has 2 rings (SSSR count). The number of halogens is 1. The van der Waals surface area contributed by atoms with Gasteiger partial charge in [0.25, 0.3) is 5.91 Å². The van der Waals surface area contributed by atoms with Crippen molar-refractivity contribution in [2.75, 3.05) is 6.54 Å². The van der Waals surface area contributed by atoms with Crippen LogP contribution < -0.4 is 11.1 Å². The molecule has 1 aromatic heterocycles. The molecule has 1 aliphatic rings. The topological polar surface area (TPSA) is 85.8 Å². The van der Waals surface area contributed by atoms with E-state index in [1.807, 2.05) is 0 Å². The summed E-state index contributed by atoms with van der Waals surface area (Å²) in [5.74, 6) is 0.949. The summed E-state index contributed by atoms with van der Waals surface area (Å²) < 4.78 is 1.74. The summed E-state index contributed by atoms with van der Waals surface area (Å²) in [6.07, 6.45) is 8.84. The van der Waals surface area contributed by atoms with Crippen LogP contribution in [0.15, 0.2) is 6.20 Å². The van der Waals surface area contributed by atoms with Crippen LogP contribution in [0, 0.1) is 11.8 Å². The van der Waals surface area contributed by atoms with E-state index in [0.717, 1.165) is 25.8 Å². The number of carbonyl (C=O) groups excluding carboxylic acids is 1. The van der Waals surface area contributed by atoms with Gasteiger partial charge in [-0.15, -0.1) is 17.5 Å². The van der Waals surface area contributed by atoms with Gasteiger partial charge in [0.2, 0.25) is 0 Å². The molecular formula is C16H30ClN5O. The van der Waals surface area contributed by atoms with E-state index in [1.165, 1.54) is 19.3 Å². The molecule has 1 fully saturated rings. The number of amides is 1. The maximum absolute atomic E-state index is 12.3. The van der Waals surface area contributed by atoms with E-state index < -0.39 is 0 Å². The Kier molecular flexibility index (Phi) is 8.55. The first kappa shape index (κ1) is 19.9. The largest absolute Gasteiger partial charge is 0.346 e. The normalized spacial score (nSPS) is 16.9. The molecule has 1 heterocycles. The Bertz CT molecular complexity index is 471. The minimum absolute atomic E-state index is 0. The lowest BCUT2D eigenvalue weighted by molar-refractivity contribution is 0.0910. The predicted molar refractivity (Wildman–Crippen MR) is 93.6 cm³/mol. The maximum atomic E-state index is 12.3. The molecule has 1 amide bonds. The lowest BCUT2D eigenvalue weighted by atomic mass is 9.84. The monoisotopic (exact) mass is 343 g/mol. The van der Waals surface area contributed by atoms with Crippen molar-refractivity contribution in [3.63, 3.8) is 0 Å². The lowest BCUT2D eigenvalue weighted by Gasteiger charge is -2.29. The molecule has 0 saturated heterocycles. The zero-order chi connectivity index (χ0) is 15.9. The second-order valence-electron chi connectivity index (χ2n) is 6.76. The quantitative estimate of drug-likeness (QED) is 0.795. The number of nitrogens with zero attached hydrogens (tertiary/aromatic N) is 3. The van der Waals surface area contributed by atoms with Crippen LogP contribution in [-0.2, 0) is 6.54 Å². The lowest BCUT2D eigenvalue weighted by Crippen LogP contribution is -2.46. The zero-order valence-electron chi connectivity index (χ0n) is 14.2. The minimum Gasteiger partial charge on any atom is -0.346 e. The smallest absolute Gasteiger partial charge is 0.273 e. The maximum Gasteiger partial charge on any atom is 0.273 e. The summed E-state index contributed by atoms with van der Waals surface area (Å²) >= 11 is 0. The highest BCUT2D eigenvalue weighted by Gasteiger charge is 2.25. The minimum atomic E-state index is -0.156. The molecule has 0 aliphatic heterocycles. The Labute approximate surface area is 145 Å². The second-order valence-corrected chi connectivity index (χ2v) is 6.76. The molecule has 1 aromatic rings. The molecule has 23 heavy (non-hydrogen) atoms. The Balaban J connectivity index is 0.00000264. The molecule has 1 saturated carbocycles. The van der Waals surface area contributed by atoms with Gasteiger partial charge in [0.15, 0.2) is 5.69 Å². The van der Waals surface area contributed by atoms with Crippen LogP contribution in [-0.4, -0.2) is 33.5 Å². The van der Waals surface area contributed by atoms with Crippen molar-refractivity contribution in [2.45, 2.75) is 65.0 Å². The van der Waals surface area contributed by atoms with Crippen LogP contribution in [0.2, 0.25) is 0 Å². The van der Waals surface area contributed by atoms with Crippen LogP contribution in [0.3, 0.4) is 0 Å². The molecule has 0 radical (unpaired) electrons. The Morgan fingerprint density at radius 2 is 2.09 bits per heavy atom. The average molecular weight is 344 g/mol. The van der Waals surface area contributed by atoms with Crippen molar-refractivity contribution in [1.82, 2.24) is 20.3 Å². The van der Waals surface area contributed by atoms with Gasteiger partial charge in [-0.3, -0.25) is 9.48 Å². The number of nitrogens with one attached hydrogen (secondary N) is 1. The van der Waals surface area contributed by atoms with Gasteiger partial charge >= 0.3 is 0 Å². The highest BCUT2D eigenvalue weighted by molar-refractivity contribution is 5.92. The third-order valence-corrected chi connectivity index (χ3v) is 4.50. The van der Waals surface area contributed by atoms with E-state index in [4.69, 9.17) is 5.73 Å². The molecule has 1 aliphatic carbocycles. The molecular weight excluding hydrogens is 314 g/mol. The van der Waals surface area contributed by atoms with E-state index in [1.54, 1.807) is 10.9 Å². The molecule has 0 spiro atoms. The number of aromatic nitrogens is 3. The van der Waals surface area contributed by atoms with Crippen molar-refractivity contribution >= 4 is 18.3 Å². The van der Waals surface area contributed by atoms with E-state index in [-0.39, 0.29) is 24.4 Å². The van der Waals surface area contributed by atoms with Crippen molar-refractivity contribution in [3.05, 3.63) is 11.9 Å². The fourth-order valence-electron chi connectivity index (χ4n) is 3.05. The van der Waals surface area contributed by atoms with Gasteiger partial charge in [0, 0.05) is 19.1 Å². The molecule has 0 bridgehead atoms. The van der Waals surface area contributed by atoms with Crippen LogP contribution in [0.5, 0.6) is 0 Å². The van der Waals surface area contributed by atoms with Gasteiger partial charge in [-0.25, -0.2) is 0 Å². The van der Waals surface area contributed by atoms with Crippen molar-refractivity contribution < 1.29 is 4.79 Å². The molecule has 7 heteroatoms. The second kappa shape index (κ2) is 9.88. The summed E-state index contributed by atoms with van der Waals surface area (Å²) in [6.45, 7) is 5.61. The third-order valence-electron chi connectivity index (χ3n) is 4.50. The number of hydrogen-bond donors (Lipinski definition) is 2. The summed E-state index contributed by atoms with van der Waals surface area (Å²) in [5, 5.41) is 11.1. The first-order valence-electron chi connectivity index (χ1n) is 8.51. The van der Waals surface area contributed by atoms with E-state index >= 15 is 0 Å². The van der Waals surface area contributed by atoms with Crippen molar-refractivity contribution in [2.24, 2.45) is 17.6 Å². The number of nitrogens with two attached hydrogens (primary N) is 1. The van der Waals surface area contributed by atoms with Gasteiger partial charge in [-0.1, -0.05) is 38.3 Å². The van der Waals surface area contributed by atoms with Crippen LogP contribution in [0.4, 0.5) is 0 Å². The molecule has 1 unspecified atom stereocenters. The first-order chi connectivity index (χ1) is 10.6. The van der Waals surface area contributed by atoms with Gasteiger partial charge in [-0.05, 0) is 31.1 Å². The zero-order valence-corrected chi connectivity index (χ0v) is 15.0. The van der Waals surface area contributed by atoms with Crippen molar-refractivity contribution in [1.29, 1.82) is 0 Å². The predicted octanol–water partition coefficient (Wildman–Crippen LogP) is 2.38. The van der Waals surface area contributed by atoms with Crippen molar-refractivity contribution in [3.8, 4) is 0 Å². The van der Waals surface area contributed by atoms with Gasteiger partial charge in [-0.2, -0.15) is 0 Å². The number of rotatable bonds is 7. The Morgan fingerprint density at radius 1 is 1.39 bits per heavy atom. The summed E-state index contributed by atoms with van der Waals surface area (Å²) in [6, 6.07) is 0.0496. The standard InChI is InChI=1S/C16H29N5O.ClH/c1-12(2)8-9-21-11-15(19-20-21)16(22)18-14(10-17)13-6-4-3-5-7-13;/h11-14H,3-10,17H2,1-2H3,(H,18,22);1H. The summed E-state index contributed by atoms with van der Waals surface area (Å²) in [4.78, 5) is 12.3. The number of carbonyl (C=O) groups is 1. The van der Waals surface area contributed by atoms with E-state index in [0.29, 0.717) is 24.1 Å². The SMILES string of the molecule is CC(C)CCn1cc(C(=O)NC(CN)C2CCCCC2)nn1.Cl. The van der Waals surface area contributed by atoms with Gasteiger partial charge in [0.1, 0.15) is 0 Å². The molecule has 132 valence electrons. The van der Waals surface area contributed by atoms with Crippen LogP contribution in [0.1, 0.15) is 62.9 Å². The Hall–Kier alpha value is -1.14. The first-order valence-corrected chi connectivity index (χ1v) is 8.51. The van der Waals surface area contributed by atoms with Gasteiger partial charge in [0.05, 0.1) is 6.20 Å². The van der Waals surface area contributed by atoms with Crippen LogP contribution in [0.25, 0.3) is 0 Å². The average Bonchev–Trinajstić information content (AvgIpc) is 3.00. The Morgan fingerprint density at radius 3 is 2.70 bits per heavy atom.